The van der Waals surface area contributed by atoms with E-state index >= 15 is 0 Å². The van der Waals surface area contributed by atoms with Gasteiger partial charge in [-0.05, 0) is 24.3 Å². The first-order valence-corrected chi connectivity index (χ1v) is 4.31. The number of aromatic nitrogens is 3. The van der Waals surface area contributed by atoms with Crippen LogP contribution in [0.1, 0.15) is 0 Å². The average molecular weight is 208 g/mol. The second-order valence-corrected chi connectivity index (χ2v) is 3.11. The third kappa shape index (κ3) is 1.80. The lowest BCUT2D eigenvalue weighted by atomic mass is 10.2. The number of nitrogens with one attached hydrogen (secondary N) is 1. The van der Waals surface area contributed by atoms with Crippen LogP contribution in [-0.4, -0.2) is 15.2 Å². The molecule has 2 aromatic rings. The number of hydrogen-bond donors (Lipinski definition) is 1. The van der Waals surface area contributed by atoms with E-state index in [9.17, 15) is 4.79 Å². The van der Waals surface area contributed by atoms with Crippen molar-refractivity contribution in [1.29, 1.82) is 0 Å². The number of aromatic amines is 1. The Morgan fingerprint density at radius 3 is 2.50 bits per heavy atom. The van der Waals surface area contributed by atoms with Crippen LogP contribution >= 0.6 is 11.6 Å². The fourth-order valence-corrected chi connectivity index (χ4v) is 1.15. The molecule has 4 nitrogen and oxygen atoms in total. The van der Waals surface area contributed by atoms with Crippen LogP contribution in [0.2, 0.25) is 5.02 Å². The highest BCUT2D eigenvalue weighted by molar-refractivity contribution is 6.30. The molecule has 5 heteroatoms. The molecule has 0 saturated carbocycles. The standard InChI is InChI=1S/C9H6ClN3O/c10-7-3-1-6(2-4-7)9-11-5-8(14)12-13-9/h1-5H,(H,12,14). The third-order valence-electron chi connectivity index (χ3n) is 1.68. The van der Waals surface area contributed by atoms with Gasteiger partial charge >= 0.3 is 0 Å². The molecule has 0 atom stereocenters. The molecule has 0 spiro atoms. The van der Waals surface area contributed by atoms with E-state index in [0.717, 1.165) is 5.56 Å². The zero-order valence-electron chi connectivity index (χ0n) is 7.07. The van der Waals surface area contributed by atoms with Crippen molar-refractivity contribution in [3.05, 3.63) is 45.8 Å². The zero-order chi connectivity index (χ0) is 9.97. The first-order chi connectivity index (χ1) is 6.75. The smallest absolute Gasteiger partial charge is 0.266 e. The van der Waals surface area contributed by atoms with Crippen molar-refractivity contribution in [3.8, 4) is 11.4 Å². The van der Waals surface area contributed by atoms with Gasteiger partial charge in [-0.15, -0.1) is 0 Å². The number of hydrogen-bond acceptors (Lipinski definition) is 3. The van der Waals surface area contributed by atoms with Crippen LogP contribution < -0.4 is 5.56 Å². The zero-order valence-corrected chi connectivity index (χ0v) is 7.82. The van der Waals surface area contributed by atoms with Gasteiger partial charge in [-0.1, -0.05) is 11.6 Å². The van der Waals surface area contributed by atoms with E-state index in [2.05, 4.69) is 15.2 Å². The molecule has 1 N–H and O–H groups in total. The largest absolute Gasteiger partial charge is 0.282 e. The quantitative estimate of drug-likeness (QED) is 0.771. The van der Waals surface area contributed by atoms with Crippen molar-refractivity contribution in [1.82, 2.24) is 15.2 Å². The van der Waals surface area contributed by atoms with Crippen LogP contribution in [0.5, 0.6) is 0 Å². The monoisotopic (exact) mass is 207 g/mol. The Bertz CT molecular complexity index is 472. The predicted molar refractivity (Wildman–Crippen MR) is 53.1 cm³/mol. The van der Waals surface area contributed by atoms with E-state index in [-0.39, 0.29) is 5.56 Å². The fourth-order valence-electron chi connectivity index (χ4n) is 1.02. The van der Waals surface area contributed by atoms with Gasteiger partial charge in [0, 0.05) is 10.6 Å². The van der Waals surface area contributed by atoms with Gasteiger partial charge in [-0.25, -0.2) is 10.1 Å². The maximum absolute atomic E-state index is 10.7. The minimum Gasteiger partial charge on any atom is -0.266 e. The molecule has 1 aromatic heterocycles. The minimum absolute atomic E-state index is 0.317. The summed E-state index contributed by atoms with van der Waals surface area (Å²) in [6.45, 7) is 0. The summed E-state index contributed by atoms with van der Waals surface area (Å²) in [5.41, 5.74) is 0.494. The van der Waals surface area contributed by atoms with Gasteiger partial charge in [0.2, 0.25) is 0 Å². The van der Waals surface area contributed by atoms with E-state index in [1.165, 1.54) is 6.20 Å². The molecule has 1 heterocycles. The molecule has 0 aliphatic carbocycles. The Morgan fingerprint density at radius 2 is 1.93 bits per heavy atom. The highest BCUT2D eigenvalue weighted by Gasteiger charge is 1.99. The molecule has 0 aliphatic heterocycles. The van der Waals surface area contributed by atoms with Crippen LogP contribution in [0.15, 0.2) is 35.3 Å². The summed E-state index contributed by atoms with van der Waals surface area (Å²) in [5.74, 6) is 0.473. The third-order valence-corrected chi connectivity index (χ3v) is 1.93. The second kappa shape index (κ2) is 3.59. The van der Waals surface area contributed by atoms with Crippen molar-refractivity contribution in [2.45, 2.75) is 0 Å². The molecule has 0 aliphatic rings. The maximum Gasteiger partial charge on any atom is 0.282 e. The summed E-state index contributed by atoms with van der Waals surface area (Å²) >= 11 is 5.73. The first-order valence-electron chi connectivity index (χ1n) is 3.93. The summed E-state index contributed by atoms with van der Waals surface area (Å²) < 4.78 is 0. The number of rotatable bonds is 1. The molecule has 2 rings (SSSR count). The molecule has 0 unspecified atom stereocenters. The lowest BCUT2D eigenvalue weighted by molar-refractivity contribution is 0.941. The van der Waals surface area contributed by atoms with Gasteiger partial charge in [-0.2, -0.15) is 5.10 Å². The molecule has 14 heavy (non-hydrogen) atoms. The van der Waals surface area contributed by atoms with Gasteiger partial charge in [0.15, 0.2) is 5.82 Å². The van der Waals surface area contributed by atoms with Gasteiger partial charge in [0.05, 0.1) is 6.20 Å². The summed E-state index contributed by atoms with van der Waals surface area (Å²) in [5, 5.41) is 6.75. The summed E-state index contributed by atoms with van der Waals surface area (Å²) in [4.78, 5) is 14.6. The highest BCUT2D eigenvalue weighted by Crippen LogP contribution is 2.16. The Hall–Kier alpha value is -1.68. The van der Waals surface area contributed by atoms with Crippen LogP contribution in [-0.2, 0) is 0 Å². The fraction of sp³-hybridized carbons (Fsp3) is 0. The molecule has 0 bridgehead atoms. The average Bonchev–Trinajstić information content (AvgIpc) is 2.21. The van der Waals surface area contributed by atoms with E-state index < -0.39 is 0 Å². The first kappa shape index (κ1) is 8.90. The van der Waals surface area contributed by atoms with E-state index in [4.69, 9.17) is 11.6 Å². The van der Waals surface area contributed by atoms with Gasteiger partial charge < -0.3 is 0 Å². The van der Waals surface area contributed by atoms with Crippen molar-refractivity contribution in [2.75, 3.05) is 0 Å². The van der Waals surface area contributed by atoms with Gasteiger partial charge in [0.1, 0.15) is 0 Å². The SMILES string of the molecule is O=c1cnc(-c2ccc(Cl)cc2)n[nH]1. The summed E-state index contributed by atoms with van der Waals surface area (Å²) in [7, 11) is 0. The van der Waals surface area contributed by atoms with E-state index in [1.807, 2.05) is 0 Å². The molecule has 70 valence electrons. The van der Waals surface area contributed by atoms with Crippen molar-refractivity contribution >= 4 is 11.6 Å². The molecular formula is C9H6ClN3O. The highest BCUT2D eigenvalue weighted by atomic mass is 35.5. The minimum atomic E-state index is -0.317. The Labute approximate surface area is 84.6 Å². The summed E-state index contributed by atoms with van der Waals surface area (Å²) in [6, 6.07) is 7.06. The molecule has 1 aromatic carbocycles. The van der Waals surface area contributed by atoms with E-state index in [0.29, 0.717) is 10.8 Å². The van der Waals surface area contributed by atoms with Gasteiger partial charge in [-0.3, -0.25) is 4.79 Å². The van der Waals surface area contributed by atoms with E-state index in [1.54, 1.807) is 24.3 Å². The van der Waals surface area contributed by atoms with Crippen LogP contribution in [0, 0.1) is 0 Å². The van der Waals surface area contributed by atoms with Crippen LogP contribution in [0.4, 0.5) is 0 Å². The second-order valence-electron chi connectivity index (χ2n) is 2.68. The predicted octanol–water partition coefficient (Wildman–Crippen LogP) is 1.49. The van der Waals surface area contributed by atoms with Crippen LogP contribution in [0.25, 0.3) is 11.4 Å². The molecule has 0 amide bonds. The number of halogens is 1. The summed E-state index contributed by atoms with van der Waals surface area (Å²) in [6.07, 6.45) is 1.19. The normalized spacial score (nSPS) is 10.1. The molecular weight excluding hydrogens is 202 g/mol. The van der Waals surface area contributed by atoms with Crippen molar-refractivity contribution in [2.24, 2.45) is 0 Å². The van der Waals surface area contributed by atoms with Gasteiger partial charge in [0.25, 0.3) is 5.56 Å². The lowest BCUT2D eigenvalue weighted by Gasteiger charge is -1.97. The number of nitrogens with zero attached hydrogens (tertiary/aromatic N) is 2. The molecule has 0 fully saturated rings. The lowest BCUT2D eigenvalue weighted by Crippen LogP contribution is -2.08. The Kier molecular flexibility index (Phi) is 2.28. The van der Waals surface area contributed by atoms with Crippen LogP contribution in [0.3, 0.4) is 0 Å². The maximum atomic E-state index is 10.7. The van der Waals surface area contributed by atoms with Crippen molar-refractivity contribution in [3.63, 3.8) is 0 Å². The number of H-pyrrole nitrogens is 1. The topological polar surface area (TPSA) is 58.6 Å². The Balaban J connectivity index is 2.44. The molecule has 0 saturated heterocycles. The van der Waals surface area contributed by atoms with Crippen molar-refractivity contribution < 1.29 is 0 Å². The molecule has 0 radical (unpaired) electrons. The Morgan fingerprint density at radius 1 is 1.21 bits per heavy atom. The number of benzene rings is 1.